The van der Waals surface area contributed by atoms with E-state index < -0.39 is 23.5 Å². The summed E-state index contributed by atoms with van der Waals surface area (Å²) in [5.41, 5.74) is -0.367. The van der Waals surface area contributed by atoms with Crippen molar-refractivity contribution in [3.05, 3.63) is 35.9 Å². The highest BCUT2D eigenvalue weighted by atomic mass is 19.3. The average molecular weight is 226 g/mol. The van der Waals surface area contributed by atoms with E-state index in [1.165, 1.54) is 0 Å². The first kappa shape index (κ1) is 12.8. The van der Waals surface area contributed by atoms with Crippen molar-refractivity contribution in [2.75, 3.05) is 0 Å². The lowest BCUT2D eigenvalue weighted by atomic mass is 9.80. The third-order valence-electron chi connectivity index (χ3n) is 2.43. The monoisotopic (exact) mass is 226 g/mol. The number of hydrogen-bond donors (Lipinski definition) is 0. The Morgan fingerprint density at radius 1 is 1.12 bits per heavy atom. The Balaban J connectivity index is 3.07. The first-order valence-corrected chi connectivity index (χ1v) is 5.21. The van der Waals surface area contributed by atoms with Gasteiger partial charge in [0.15, 0.2) is 5.78 Å². The average Bonchev–Trinajstić information content (AvgIpc) is 2.17. The summed E-state index contributed by atoms with van der Waals surface area (Å²) in [6.07, 6.45) is -2.66. The van der Waals surface area contributed by atoms with Gasteiger partial charge in [-0.15, -0.1) is 0 Å². The molecule has 0 aliphatic carbocycles. The molecule has 0 amide bonds. The van der Waals surface area contributed by atoms with Gasteiger partial charge in [0.2, 0.25) is 0 Å². The molecule has 1 rings (SSSR count). The molecule has 16 heavy (non-hydrogen) atoms. The van der Waals surface area contributed by atoms with Crippen molar-refractivity contribution in [1.29, 1.82) is 0 Å². The third kappa shape index (κ3) is 2.87. The maximum Gasteiger partial charge on any atom is 0.252 e. The quantitative estimate of drug-likeness (QED) is 0.768. The van der Waals surface area contributed by atoms with Crippen LogP contribution in [-0.2, 0) is 4.79 Å². The van der Waals surface area contributed by atoms with Gasteiger partial charge in [0, 0.05) is 5.41 Å². The molecule has 0 aromatic heterocycles. The van der Waals surface area contributed by atoms with E-state index in [9.17, 15) is 13.6 Å². The molecule has 0 bridgehead atoms. The van der Waals surface area contributed by atoms with E-state index in [0.29, 0.717) is 5.56 Å². The van der Waals surface area contributed by atoms with Crippen LogP contribution in [0.3, 0.4) is 0 Å². The molecule has 1 nitrogen and oxygen atoms in total. The summed E-state index contributed by atoms with van der Waals surface area (Å²) in [5.74, 6) is -1.74. The van der Waals surface area contributed by atoms with Crippen LogP contribution in [0.4, 0.5) is 8.78 Å². The molecular formula is C13H16F2O. The molecule has 0 heterocycles. The van der Waals surface area contributed by atoms with Crippen LogP contribution in [0.15, 0.2) is 30.3 Å². The molecule has 0 N–H and O–H groups in total. The molecule has 0 radical (unpaired) electrons. The summed E-state index contributed by atoms with van der Waals surface area (Å²) in [7, 11) is 0. The zero-order valence-electron chi connectivity index (χ0n) is 9.71. The van der Waals surface area contributed by atoms with Crippen LogP contribution in [0.1, 0.15) is 32.3 Å². The van der Waals surface area contributed by atoms with Crippen molar-refractivity contribution < 1.29 is 13.6 Å². The van der Waals surface area contributed by atoms with Crippen LogP contribution < -0.4 is 0 Å². The number of carbonyl (C=O) groups is 1. The lowest BCUT2D eigenvalue weighted by Crippen LogP contribution is -2.31. The Hall–Kier alpha value is -1.25. The van der Waals surface area contributed by atoms with Gasteiger partial charge in [0.25, 0.3) is 6.43 Å². The Kier molecular flexibility index (Phi) is 3.79. The standard InChI is InChI=1S/C13H16F2O/c1-13(2,3)11(16)10(12(14)15)9-7-5-4-6-8-9/h4-8,10,12H,1-3H3. The Morgan fingerprint density at radius 3 is 2.00 bits per heavy atom. The van der Waals surface area contributed by atoms with E-state index in [4.69, 9.17) is 0 Å². The van der Waals surface area contributed by atoms with E-state index in [2.05, 4.69) is 0 Å². The summed E-state index contributed by atoms with van der Waals surface area (Å²) < 4.78 is 25.9. The Morgan fingerprint density at radius 2 is 1.62 bits per heavy atom. The SMILES string of the molecule is CC(C)(C)C(=O)C(c1ccccc1)C(F)F. The molecule has 1 unspecified atom stereocenters. The number of rotatable bonds is 3. The van der Waals surface area contributed by atoms with Gasteiger partial charge in [0.05, 0.1) is 0 Å². The van der Waals surface area contributed by atoms with Crippen molar-refractivity contribution in [2.45, 2.75) is 33.1 Å². The van der Waals surface area contributed by atoms with Gasteiger partial charge in [-0.2, -0.15) is 0 Å². The second-order valence-corrected chi connectivity index (χ2v) is 4.84. The summed E-state index contributed by atoms with van der Waals surface area (Å²) in [5, 5.41) is 0. The highest BCUT2D eigenvalue weighted by molar-refractivity contribution is 5.90. The van der Waals surface area contributed by atoms with Gasteiger partial charge in [-0.05, 0) is 5.56 Å². The van der Waals surface area contributed by atoms with Crippen LogP contribution in [0.25, 0.3) is 0 Å². The highest BCUT2D eigenvalue weighted by Crippen LogP contribution is 2.31. The third-order valence-corrected chi connectivity index (χ3v) is 2.43. The molecule has 3 heteroatoms. The Bertz CT molecular complexity index is 352. The van der Waals surface area contributed by atoms with Gasteiger partial charge < -0.3 is 0 Å². The molecule has 1 aromatic carbocycles. The summed E-state index contributed by atoms with van der Waals surface area (Å²) in [6.45, 7) is 4.98. The van der Waals surface area contributed by atoms with Crippen molar-refractivity contribution in [2.24, 2.45) is 5.41 Å². The normalized spacial score (nSPS) is 13.9. The van der Waals surface area contributed by atoms with Gasteiger partial charge >= 0.3 is 0 Å². The zero-order valence-corrected chi connectivity index (χ0v) is 9.71. The number of hydrogen-bond acceptors (Lipinski definition) is 1. The molecule has 1 aromatic rings. The lowest BCUT2D eigenvalue weighted by molar-refractivity contribution is -0.131. The Labute approximate surface area is 94.5 Å². The second-order valence-electron chi connectivity index (χ2n) is 4.84. The van der Waals surface area contributed by atoms with Crippen molar-refractivity contribution in [3.63, 3.8) is 0 Å². The zero-order chi connectivity index (χ0) is 12.3. The van der Waals surface area contributed by atoms with E-state index in [1.807, 2.05) is 0 Å². The molecular weight excluding hydrogens is 210 g/mol. The molecule has 0 saturated heterocycles. The molecule has 0 aliphatic heterocycles. The highest BCUT2D eigenvalue weighted by Gasteiger charge is 2.36. The number of ketones is 1. The largest absolute Gasteiger partial charge is 0.298 e. The first-order chi connectivity index (χ1) is 7.34. The first-order valence-electron chi connectivity index (χ1n) is 5.21. The number of Topliss-reactive ketones (excluding diaryl/α,β-unsaturated/α-hetero) is 1. The van der Waals surface area contributed by atoms with Crippen LogP contribution in [0, 0.1) is 5.41 Å². The van der Waals surface area contributed by atoms with E-state index >= 15 is 0 Å². The number of carbonyl (C=O) groups excluding carboxylic acids is 1. The van der Waals surface area contributed by atoms with Crippen LogP contribution in [0.2, 0.25) is 0 Å². The van der Waals surface area contributed by atoms with E-state index in [-0.39, 0.29) is 0 Å². The second kappa shape index (κ2) is 4.73. The number of alkyl halides is 2. The van der Waals surface area contributed by atoms with Crippen molar-refractivity contribution in [3.8, 4) is 0 Å². The molecule has 0 spiro atoms. The van der Waals surface area contributed by atoms with Crippen LogP contribution in [0.5, 0.6) is 0 Å². The fraction of sp³-hybridized carbons (Fsp3) is 0.462. The number of halogens is 2. The topological polar surface area (TPSA) is 17.1 Å². The lowest BCUT2D eigenvalue weighted by Gasteiger charge is -2.24. The van der Waals surface area contributed by atoms with Gasteiger partial charge in [-0.1, -0.05) is 51.1 Å². The number of benzene rings is 1. The maximum atomic E-state index is 12.9. The van der Waals surface area contributed by atoms with Crippen molar-refractivity contribution in [1.82, 2.24) is 0 Å². The molecule has 0 aliphatic rings. The fourth-order valence-electron chi connectivity index (χ4n) is 1.54. The van der Waals surface area contributed by atoms with Crippen LogP contribution in [-0.4, -0.2) is 12.2 Å². The predicted molar refractivity (Wildman–Crippen MR) is 59.6 cm³/mol. The molecule has 88 valence electrons. The van der Waals surface area contributed by atoms with E-state index in [1.54, 1.807) is 51.1 Å². The summed E-state index contributed by atoms with van der Waals surface area (Å²) in [6, 6.07) is 8.22. The molecule has 0 fully saturated rings. The predicted octanol–water partition coefficient (Wildman–Crippen LogP) is 3.65. The molecule has 1 atom stereocenters. The summed E-state index contributed by atoms with van der Waals surface area (Å²) >= 11 is 0. The van der Waals surface area contributed by atoms with Crippen LogP contribution >= 0.6 is 0 Å². The van der Waals surface area contributed by atoms with Gasteiger partial charge in [-0.3, -0.25) is 4.79 Å². The maximum absolute atomic E-state index is 12.9. The summed E-state index contributed by atoms with van der Waals surface area (Å²) in [4.78, 5) is 11.9. The van der Waals surface area contributed by atoms with Gasteiger partial charge in [-0.25, -0.2) is 8.78 Å². The van der Waals surface area contributed by atoms with E-state index in [0.717, 1.165) is 0 Å². The minimum Gasteiger partial charge on any atom is -0.298 e. The minimum atomic E-state index is -2.66. The van der Waals surface area contributed by atoms with Crippen molar-refractivity contribution >= 4 is 5.78 Å². The fourth-order valence-corrected chi connectivity index (χ4v) is 1.54. The molecule has 0 saturated carbocycles. The minimum absolute atomic E-state index is 0.387. The smallest absolute Gasteiger partial charge is 0.252 e. The van der Waals surface area contributed by atoms with Gasteiger partial charge in [0.1, 0.15) is 5.92 Å².